The Morgan fingerprint density at radius 2 is 1.71 bits per heavy atom. The summed E-state index contributed by atoms with van der Waals surface area (Å²) in [6, 6.07) is 0. The van der Waals surface area contributed by atoms with E-state index in [4.69, 9.17) is 0 Å². The Hall–Kier alpha value is -1.14. The van der Waals surface area contributed by atoms with Gasteiger partial charge in [0.15, 0.2) is 0 Å². The lowest BCUT2D eigenvalue weighted by Crippen LogP contribution is -2.35. The Morgan fingerprint density at radius 3 is 2.00 bits per heavy atom. The van der Waals surface area contributed by atoms with Gasteiger partial charge in [-0.2, -0.15) is 22.0 Å². The van der Waals surface area contributed by atoms with E-state index in [1.54, 1.807) is 0 Å². The van der Waals surface area contributed by atoms with Crippen LogP contribution in [0, 0.1) is 0 Å². The second-order valence-electron chi connectivity index (χ2n) is 2.66. The monoisotopic (exact) mass is 217 g/mol. The number of halogens is 5. The summed E-state index contributed by atoms with van der Waals surface area (Å²) in [5, 5.41) is 0. The number of rotatable bonds is 3. The van der Waals surface area contributed by atoms with Gasteiger partial charge in [-0.15, -0.1) is 0 Å². The number of primary amides is 1. The predicted molar refractivity (Wildman–Crippen MR) is 38.6 cm³/mol. The Balaban J connectivity index is 4.55. The molecule has 0 aliphatic heterocycles. The molecule has 0 unspecified atom stereocenters. The van der Waals surface area contributed by atoms with Crippen molar-refractivity contribution in [2.45, 2.75) is 25.4 Å². The molecule has 0 aliphatic carbocycles. The van der Waals surface area contributed by atoms with Crippen molar-refractivity contribution in [3.05, 3.63) is 11.6 Å². The van der Waals surface area contributed by atoms with Gasteiger partial charge in [0.2, 0.25) is 5.91 Å². The van der Waals surface area contributed by atoms with Crippen LogP contribution >= 0.6 is 0 Å². The Morgan fingerprint density at radius 1 is 1.29 bits per heavy atom. The molecule has 2 N–H and O–H groups in total. The molecular weight excluding hydrogens is 209 g/mol. The molecule has 2 nitrogen and oxygen atoms in total. The van der Waals surface area contributed by atoms with Crippen LogP contribution in [-0.4, -0.2) is 18.0 Å². The smallest absolute Gasteiger partial charge is 0.366 e. The van der Waals surface area contributed by atoms with Crippen LogP contribution in [0.15, 0.2) is 11.6 Å². The van der Waals surface area contributed by atoms with E-state index in [2.05, 4.69) is 5.73 Å². The number of alkyl halides is 5. The van der Waals surface area contributed by atoms with E-state index in [0.29, 0.717) is 6.08 Å². The molecule has 0 aromatic heterocycles. The van der Waals surface area contributed by atoms with Crippen molar-refractivity contribution in [3.63, 3.8) is 0 Å². The highest BCUT2D eigenvalue weighted by atomic mass is 19.4. The maximum atomic E-state index is 12.2. The molecule has 0 aliphatic rings. The number of carbonyl (C=O) groups excluding carboxylic acids is 1. The SMILES string of the molecule is C/C(=C\CC(F)(F)C(F)(F)F)C(N)=O. The van der Waals surface area contributed by atoms with E-state index >= 15 is 0 Å². The summed E-state index contributed by atoms with van der Waals surface area (Å²) in [7, 11) is 0. The molecule has 1 amide bonds. The Labute approximate surface area is 76.6 Å². The van der Waals surface area contributed by atoms with Gasteiger partial charge in [0.05, 0.1) is 0 Å². The van der Waals surface area contributed by atoms with Gasteiger partial charge in [0.25, 0.3) is 0 Å². The van der Waals surface area contributed by atoms with Crippen molar-refractivity contribution < 1.29 is 26.7 Å². The summed E-state index contributed by atoms with van der Waals surface area (Å²) in [6.07, 6.45) is -6.72. The van der Waals surface area contributed by atoms with E-state index in [0.717, 1.165) is 6.92 Å². The molecule has 0 bridgehead atoms. The summed E-state index contributed by atoms with van der Waals surface area (Å²) in [6.45, 7) is 1.06. The summed E-state index contributed by atoms with van der Waals surface area (Å²) < 4.78 is 59.2. The van der Waals surface area contributed by atoms with Gasteiger partial charge in [-0.05, 0) is 6.92 Å². The molecule has 14 heavy (non-hydrogen) atoms. The summed E-state index contributed by atoms with van der Waals surface area (Å²) in [5.41, 5.74) is 4.32. The van der Waals surface area contributed by atoms with Crippen LogP contribution in [0.4, 0.5) is 22.0 Å². The number of amides is 1. The predicted octanol–water partition coefficient (Wildman–Crippen LogP) is 2.01. The van der Waals surface area contributed by atoms with E-state index < -0.39 is 24.4 Å². The molecule has 0 fully saturated rings. The first-order valence-electron chi connectivity index (χ1n) is 3.49. The first-order valence-corrected chi connectivity index (χ1v) is 3.49. The van der Waals surface area contributed by atoms with Gasteiger partial charge in [-0.25, -0.2) is 0 Å². The third-order valence-electron chi connectivity index (χ3n) is 1.47. The lowest BCUT2D eigenvalue weighted by Gasteiger charge is -2.17. The third kappa shape index (κ3) is 3.31. The lowest BCUT2D eigenvalue weighted by molar-refractivity contribution is -0.280. The highest BCUT2D eigenvalue weighted by Crippen LogP contribution is 2.38. The topological polar surface area (TPSA) is 43.1 Å². The third-order valence-corrected chi connectivity index (χ3v) is 1.47. The maximum Gasteiger partial charge on any atom is 0.453 e. The first kappa shape index (κ1) is 12.9. The van der Waals surface area contributed by atoms with Crippen molar-refractivity contribution in [2.24, 2.45) is 5.73 Å². The van der Waals surface area contributed by atoms with Crippen molar-refractivity contribution in [1.82, 2.24) is 0 Å². The van der Waals surface area contributed by atoms with E-state index in [1.807, 2.05) is 0 Å². The summed E-state index contributed by atoms with van der Waals surface area (Å²) >= 11 is 0. The molecule has 0 aromatic rings. The quantitative estimate of drug-likeness (QED) is 0.570. The van der Waals surface area contributed by atoms with Gasteiger partial charge < -0.3 is 5.73 Å². The molecule has 0 atom stereocenters. The largest absolute Gasteiger partial charge is 0.453 e. The number of nitrogens with two attached hydrogens (primary N) is 1. The molecule has 7 heteroatoms. The summed E-state index contributed by atoms with van der Waals surface area (Å²) in [4.78, 5) is 10.3. The first-order chi connectivity index (χ1) is 6.08. The number of carbonyl (C=O) groups is 1. The van der Waals surface area contributed by atoms with Crippen molar-refractivity contribution in [3.8, 4) is 0 Å². The van der Waals surface area contributed by atoms with Gasteiger partial charge in [-0.3, -0.25) is 4.79 Å². The zero-order chi connectivity index (χ0) is 11.6. The fourth-order valence-electron chi connectivity index (χ4n) is 0.498. The second-order valence-corrected chi connectivity index (χ2v) is 2.66. The van der Waals surface area contributed by atoms with Crippen molar-refractivity contribution in [1.29, 1.82) is 0 Å². The molecule has 0 heterocycles. The number of hydrogen-bond acceptors (Lipinski definition) is 1. The molecule has 0 radical (unpaired) electrons. The minimum atomic E-state index is -5.61. The molecule has 0 aromatic carbocycles. The molecule has 0 saturated carbocycles. The normalized spacial score (nSPS) is 14.3. The molecular formula is C7H8F5NO. The van der Waals surface area contributed by atoms with Crippen LogP contribution in [0.1, 0.15) is 13.3 Å². The van der Waals surface area contributed by atoms with Crippen LogP contribution in [0.25, 0.3) is 0 Å². The second kappa shape index (κ2) is 3.93. The highest BCUT2D eigenvalue weighted by Gasteiger charge is 2.56. The maximum absolute atomic E-state index is 12.2. The summed E-state index contributed by atoms with van der Waals surface area (Å²) in [5.74, 6) is -5.85. The van der Waals surface area contributed by atoms with Crippen LogP contribution in [0.3, 0.4) is 0 Å². The molecule has 0 saturated heterocycles. The average molecular weight is 217 g/mol. The zero-order valence-corrected chi connectivity index (χ0v) is 7.16. The fourth-order valence-corrected chi connectivity index (χ4v) is 0.498. The standard InChI is InChI=1S/C7H8F5NO/c1-4(5(13)14)2-3-6(8,9)7(10,11)12/h2H,3H2,1H3,(H2,13,14)/b4-2+. The van der Waals surface area contributed by atoms with Gasteiger partial charge in [0.1, 0.15) is 0 Å². The lowest BCUT2D eigenvalue weighted by atomic mass is 10.1. The van der Waals surface area contributed by atoms with Gasteiger partial charge >= 0.3 is 12.1 Å². The highest BCUT2D eigenvalue weighted by molar-refractivity contribution is 5.91. The van der Waals surface area contributed by atoms with E-state index in [1.165, 1.54) is 0 Å². The Kier molecular flexibility index (Phi) is 3.61. The number of allylic oxidation sites excluding steroid dienone is 1. The minimum Gasteiger partial charge on any atom is -0.366 e. The average Bonchev–Trinajstić information content (AvgIpc) is 1.97. The van der Waals surface area contributed by atoms with Crippen LogP contribution in [-0.2, 0) is 4.79 Å². The molecule has 0 spiro atoms. The van der Waals surface area contributed by atoms with Gasteiger partial charge in [-0.1, -0.05) is 6.08 Å². The fraction of sp³-hybridized carbons (Fsp3) is 0.571. The zero-order valence-electron chi connectivity index (χ0n) is 7.16. The van der Waals surface area contributed by atoms with E-state index in [-0.39, 0.29) is 5.57 Å². The Bertz CT molecular complexity index is 255. The minimum absolute atomic E-state index is 0.325. The van der Waals surface area contributed by atoms with Crippen LogP contribution < -0.4 is 5.73 Å². The van der Waals surface area contributed by atoms with Crippen molar-refractivity contribution >= 4 is 5.91 Å². The van der Waals surface area contributed by atoms with Gasteiger partial charge in [0, 0.05) is 12.0 Å². The van der Waals surface area contributed by atoms with Crippen LogP contribution in [0.2, 0.25) is 0 Å². The van der Waals surface area contributed by atoms with E-state index in [9.17, 15) is 26.7 Å². The molecule has 0 rings (SSSR count). The number of hydrogen-bond donors (Lipinski definition) is 1. The van der Waals surface area contributed by atoms with Crippen LogP contribution in [0.5, 0.6) is 0 Å². The van der Waals surface area contributed by atoms with Crippen molar-refractivity contribution in [2.75, 3.05) is 0 Å². The molecule has 82 valence electrons.